The molecule has 62 valence electrons. The molecule has 0 aromatic carbocycles. The first-order valence-electron chi connectivity index (χ1n) is 3.49. The quantitative estimate of drug-likeness (QED) is 0.587. The maximum absolute atomic E-state index is 10.6. The zero-order valence-electron chi connectivity index (χ0n) is 6.57. The summed E-state index contributed by atoms with van der Waals surface area (Å²) < 4.78 is 0. The standard InChI is InChI=1S/C9H8O3/c1-6-2-3-7(5-10)8(4-6)9(11)12/h2-4,8H,1H3,(H,11,12). The van der Waals surface area contributed by atoms with Gasteiger partial charge in [0, 0.05) is 0 Å². The first-order chi connectivity index (χ1) is 5.65. The number of aliphatic carboxylic acids is 1. The molecule has 3 heteroatoms. The second-order valence-electron chi connectivity index (χ2n) is 2.62. The highest BCUT2D eigenvalue weighted by molar-refractivity contribution is 5.82. The zero-order valence-corrected chi connectivity index (χ0v) is 6.57. The molecule has 0 radical (unpaired) electrons. The number of hydrogen-bond acceptors (Lipinski definition) is 2. The Morgan fingerprint density at radius 1 is 1.58 bits per heavy atom. The van der Waals surface area contributed by atoms with E-state index in [0.717, 1.165) is 5.57 Å². The van der Waals surface area contributed by atoms with Gasteiger partial charge in [-0.25, -0.2) is 4.79 Å². The third kappa shape index (κ3) is 1.52. The Kier molecular flexibility index (Phi) is 2.26. The van der Waals surface area contributed by atoms with Crippen LogP contribution in [0.2, 0.25) is 0 Å². The molecule has 0 amide bonds. The first kappa shape index (κ1) is 8.50. The fourth-order valence-corrected chi connectivity index (χ4v) is 1.03. The van der Waals surface area contributed by atoms with E-state index in [2.05, 4.69) is 0 Å². The van der Waals surface area contributed by atoms with Crippen LogP contribution in [0.1, 0.15) is 6.92 Å². The lowest BCUT2D eigenvalue weighted by molar-refractivity contribution is -0.138. The fraction of sp³-hybridized carbons (Fsp3) is 0.222. The van der Waals surface area contributed by atoms with Gasteiger partial charge in [0.1, 0.15) is 11.9 Å². The van der Waals surface area contributed by atoms with Crippen LogP contribution in [-0.2, 0) is 9.59 Å². The third-order valence-electron chi connectivity index (χ3n) is 1.67. The van der Waals surface area contributed by atoms with Gasteiger partial charge in [0.15, 0.2) is 0 Å². The van der Waals surface area contributed by atoms with E-state index in [1.807, 2.05) is 0 Å². The van der Waals surface area contributed by atoms with E-state index in [4.69, 9.17) is 5.11 Å². The van der Waals surface area contributed by atoms with Gasteiger partial charge in [-0.1, -0.05) is 17.7 Å². The SMILES string of the molecule is CC1=CC(C(=O)O)C(=C=O)C=C1. The largest absolute Gasteiger partial charge is 0.481 e. The minimum Gasteiger partial charge on any atom is -0.481 e. The van der Waals surface area contributed by atoms with Crippen LogP contribution in [0, 0.1) is 5.92 Å². The van der Waals surface area contributed by atoms with Crippen LogP contribution >= 0.6 is 0 Å². The summed E-state index contributed by atoms with van der Waals surface area (Å²) in [5.74, 6) is -0.233. The molecule has 1 aliphatic rings. The molecule has 0 heterocycles. The minimum atomic E-state index is -1.02. The van der Waals surface area contributed by atoms with Crippen molar-refractivity contribution in [2.75, 3.05) is 0 Å². The van der Waals surface area contributed by atoms with E-state index in [1.165, 1.54) is 12.2 Å². The first-order valence-corrected chi connectivity index (χ1v) is 3.49. The summed E-state index contributed by atoms with van der Waals surface area (Å²) in [6.45, 7) is 1.79. The zero-order chi connectivity index (χ0) is 9.14. The molecule has 1 N–H and O–H groups in total. The van der Waals surface area contributed by atoms with Crippen molar-refractivity contribution in [3.8, 4) is 0 Å². The molecule has 1 atom stereocenters. The van der Waals surface area contributed by atoms with Crippen LogP contribution in [0.25, 0.3) is 0 Å². The molecule has 0 bridgehead atoms. The number of carbonyl (C=O) groups excluding carboxylic acids is 1. The van der Waals surface area contributed by atoms with Crippen LogP contribution in [0.15, 0.2) is 29.4 Å². The minimum absolute atomic E-state index is 0.174. The Bertz CT molecular complexity index is 317. The van der Waals surface area contributed by atoms with Crippen LogP contribution < -0.4 is 0 Å². The van der Waals surface area contributed by atoms with Gasteiger partial charge in [0.2, 0.25) is 0 Å². The van der Waals surface area contributed by atoms with Crippen molar-refractivity contribution in [3.05, 3.63) is 29.4 Å². The Balaban J connectivity index is 3.06. The van der Waals surface area contributed by atoms with E-state index in [9.17, 15) is 9.59 Å². The summed E-state index contributed by atoms with van der Waals surface area (Å²) in [4.78, 5) is 20.9. The molecule has 0 aromatic rings. The van der Waals surface area contributed by atoms with E-state index < -0.39 is 11.9 Å². The third-order valence-corrected chi connectivity index (χ3v) is 1.67. The van der Waals surface area contributed by atoms with E-state index in [1.54, 1.807) is 18.9 Å². The lowest BCUT2D eigenvalue weighted by Crippen LogP contribution is -2.15. The smallest absolute Gasteiger partial charge is 0.315 e. The van der Waals surface area contributed by atoms with Crippen molar-refractivity contribution in [2.45, 2.75) is 6.92 Å². The topological polar surface area (TPSA) is 54.4 Å². The molecule has 0 aromatic heterocycles. The predicted octanol–water partition coefficient (Wildman–Crippen LogP) is 0.961. The number of rotatable bonds is 1. The average molecular weight is 164 g/mol. The summed E-state index contributed by atoms with van der Waals surface area (Å²) in [6, 6.07) is 0. The molecular formula is C9H8O3. The number of carbonyl (C=O) groups is 1. The highest BCUT2D eigenvalue weighted by Crippen LogP contribution is 2.19. The highest BCUT2D eigenvalue weighted by Gasteiger charge is 2.21. The highest BCUT2D eigenvalue weighted by atomic mass is 16.4. The molecule has 0 fully saturated rings. The van der Waals surface area contributed by atoms with Crippen molar-refractivity contribution >= 4 is 11.9 Å². The van der Waals surface area contributed by atoms with Gasteiger partial charge in [0.25, 0.3) is 0 Å². The molecule has 0 aliphatic heterocycles. The van der Waals surface area contributed by atoms with Gasteiger partial charge in [0.05, 0.1) is 5.57 Å². The summed E-state index contributed by atoms with van der Waals surface area (Å²) in [7, 11) is 0. The number of carboxylic acid groups (broad SMARTS) is 1. The van der Waals surface area contributed by atoms with Crippen molar-refractivity contribution in [1.29, 1.82) is 0 Å². The van der Waals surface area contributed by atoms with E-state index >= 15 is 0 Å². The molecular weight excluding hydrogens is 156 g/mol. The van der Waals surface area contributed by atoms with Crippen molar-refractivity contribution in [1.82, 2.24) is 0 Å². The van der Waals surface area contributed by atoms with Crippen molar-refractivity contribution in [3.63, 3.8) is 0 Å². The van der Waals surface area contributed by atoms with Gasteiger partial charge >= 0.3 is 5.97 Å². The molecule has 1 aliphatic carbocycles. The Morgan fingerprint density at radius 3 is 2.75 bits per heavy atom. The maximum atomic E-state index is 10.6. The molecule has 3 nitrogen and oxygen atoms in total. The Labute approximate surface area is 69.7 Å². The van der Waals surface area contributed by atoms with Gasteiger partial charge in [-0.2, -0.15) is 0 Å². The van der Waals surface area contributed by atoms with E-state index in [0.29, 0.717) is 0 Å². The molecule has 1 unspecified atom stereocenters. The van der Waals surface area contributed by atoms with Crippen LogP contribution in [0.5, 0.6) is 0 Å². The van der Waals surface area contributed by atoms with Crippen LogP contribution in [-0.4, -0.2) is 17.0 Å². The molecule has 12 heavy (non-hydrogen) atoms. The van der Waals surface area contributed by atoms with E-state index in [-0.39, 0.29) is 5.57 Å². The summed E-state index contributed by atoms with van der Waals surface area (Å²) >= 11 is 0. The molecule has 1 rings (SSSR count). The lowest BCUT2D eigenvalue weighted by atomic mass is 9.93. The molecule has 0 spiro atoms. The number of carboxylic acids is 1. The van der Waals surface area contributed by atoms with Crippen LogP contribution in [0.4, 0.5) is 0 Å². The fourth-order valence-electron chi connectivity index (χ4n) is 1.03. The summed E-state index contributed by atoms with van der Waals surface area (Å²) in [5, 5.41) is 8.68. The normalized spacial score (nSPS) is 21.6. The van der Waals surface area contributed by atoms with Gasteiger partial charge < -0.3 is 5.11 Å². The van der Waals surface area contributed by atoms with Gasteiger partial charge in [-0.05, 0) is 13.0 Å². The van der Waals surface area contributed by atoms with Crippen molar-refractivity contribution < 1.29 is 14.7 Å². The van der Waals surface area contributed by atoms with Gasteiger partial charge in [-0.3, -0.25) is 4.79 Å². The average Bonchev–Trinajstić information content (AvgIpc) is 2.04. The molecule has 0 saturated heterocycles. The number of hydrogen-bond donors (Lipinski definition) is 1. The summed E-state index contributed by atoms with van der Waals surface area (Å²) in [6.07, 6.45) is 4.71. The van der Waals surface area contributed by atoms with Crippen LogP contribution in [0.3, 0.4) is 0 Å². The Morgan fingerprint density at radius 2 is 2.25 bits per heavy atom. The van der Waals surface area contributed by atoms with Crippen molar-refractivity contribution in [2.24, 2.45) is 5.92 Å². The monoisotopic (exact) mass is 164 g/mol. The summed E-state index contributed by atoms with van der Waals surface area (Å²) in [5.41, 5.74) is 1.02. The molecule has 0 saturated carbocycles. The second-order valence-corrected chi connectivity index (χ2v) is 2.62. The lowest BCUT2D eigenvalue weighted by Gasteiger charge is -2.10. The maximum Gasteiger partial charge on any atom is 0.315 e. The predicted molar refractivity (Wildman–Crippen MR) is 43.2 cm³/mol. The Hall–Kier alpha value is -1.60. The number of allylic oxidation sites excluding steroid dienone is 3. The second kappa shape index (κ2) is 3.20. The van der Waals surface area contributed by atoms with Gasteiger partial charge in [-0.15, -0.1) is 0 Å².